The van der Waals surface area contributed by atoms with Crippen LogP contribution in [0.15, 0.2) is 12.2 Å². The van der Waals surface area contributed by atoms with Crippen molar-refractivity contribution >= 4 is 14.2 Å². The van der Waals surface area contributed by atoms with Crippen molar-refractivity contribution in [2.24, 2.45) is 5.73 Å². The van der Waals surface area contributed by atoms with Gasteiger partial charge in [-0.3, -0.25) is 4.79 Å². The summed E-state index contributed by atoms with van der Waals surface area (Å²) in [6.45, 7) is 10.2. The highest BCUT2D eigenvalue weighted by Crippen LogP contribution is 2.03. The molecule has 0 aliphatic rings. The van der Waals surface area contributed by atoms with Crippen LogP contribution in [-0.4, -0.2) is 33.4 Å². The topological polar surface area (TPSA) is 64.3 Å². The molecular formula is C14H30N2O2Si. The molecule has 3 N–H and O–H groups in total. The zero-order chi connectivity index (χ0) is 14.7. The highest BCUT2D eigenvalue weighted by molar-refractivity contribution is 6.69. The highest BCUT2D eigenvalue weighted by atomic mass is 28.4. The predicted octanol–water partition coefficient (Wildman–Crippen LogP) is 2.42. The monoisotopic (exact) mass is 286 g/mol. The molecule has 0 saturated carbocycles. The molecule has 0 saturated heterocycles. The van der Waals surface area contributed by atoms with Gasteiger partial charge >= 0.3 is 0 Å². The van der Waals surface area contributed by atoms with Crippen molar-refractivity contribution < 1.29 is 9.22 Å². The van der Waals surface area contributed by atoms with E-state index in [1.807, 2.05) is 12.2 Å². The van der Waals surface area contributed by atoms with E-state index >= 15 is 0 Å². The van der Waals surface area contributed by atoms with Crippen LogP contribution in [0.5, 0.6) is 0 Å². The SMILES string of the molecule is CCCCCNC(C=CCCO[Si](C)(C)C)C(N)=O. The van der Waals surface area contributed by atoms with E-state index in [0.29, 0.717) is 6.61 Å². The van der Waals surface area contributed by atoms with Crippen LogP contribution < -0.4 is 11.1 Å². The second kappa shape index (κ2) is 10.2. The number of nitrogens with one attached hydrogen (secondary N) is 1. The Balaban J connectivity index is 3.89. The number of primary amides is 1. The fourth-order valence-electron chi connectivity index (χ4n) is 1.56. The molecule has 0 aromatic rings. The maximum absolute atomic E-state index is 11.3. The van der Waals surface area contributed by atoms with Crippen molar-refractivity contribution in [3.05, 3.63) is 12.2 Å². The Morgan fingerprint density at radius 2 is 2.05 bits per heavy atom. The summed E-state index contributed by atoms with van der Waals surface area (Å²) in [5.74, 6) is -0.320. The van der Waals surface area contributed by atoms with E-state index in [-0.39, 0.29) is 11.9 Å². The average molecular weight is 286 g/mol. The summed E-state index contributed by atoms with van der Waals surface area (Å²) >= 11 is 0. The molecular weight excluding hydrogens is 256 g/mol. The molecule has 0 radical (unpaired) electrons. The number of unbranched alkanes of at least 4 members (excludes halogenated alkanes) is 2. The van der Waals surface area contributed by atoms with Crippen molar-refractivity contribution in [3.8, 4) is 0 Å². The average Bonchev–Trinajstić information content (AvgIpc) is 2.29. The minimum atomic E-state index is -1.43. The van der Waals surface area contributed by atoms with Gasteiger partial charge in [-0.25, -0.2) is 0 Å². The van der Waals surface area contributed by atoms with Crippen LogP contribution in [0.25, 0.3) is 0 Å². The molecule has 1 atom stereocenters. The molecule has 0 fully saturated rings. The van der Waals surface area contributed by atoms with E-state index in [1.54, 1.807) is 0 Å². The van der Waals surface area contributed by atoms with Crippen LogP contribution >= 0.6 is 0 Å². The third-order valence-electron chi connectivity index (χ3n) is 2.60. The van der Waals surface area contributed by atoms with Gasteiger partial charge in [-0.2, -0.15) is 0 Å². The molecule has 0 rings (SSSR count). The van der Waals surface area contributed by atoms with Crippen molar-refractivity contribution in [3.63, 3.8) is 0 Å². The number of amides is 1. The molecule has 0 aliphatic heterocycles. The van der Waals surface area contributed by atoms with Gasteiger partial charge in [0.25, 0.3) is 0 Å². The van der Waals surface area contributed by atoms with Crippen LogP contribution in [-0.2, 0) is 9.22 Å². The third-order valence-corrected chi connectivity index (χ3v) is 3.67. The largest absolute Gasteiger partial charge is 0.417 e. The summed E-state index contributed by atoms with van der Waals surface area (Å²) in [7, 11) is -1.43. The number of rotatable bonds is 11. The summed E-state index contributed by atoms with van der Waals surface area (Å²) in [6, 6.07) is -0.358. The minimum Gasteiger partial charge on any atom is -0.417 e. The summed E-state index contributed by atoms with van der Waals surface area (Å²) in [4.78, 5) is 11.3. The lowest BCUT2D eigenvalue weighted by Crippen LogP contribution is -2.40. The lowest BCUT2D eigenvalue weighted by Gasteiger charge is -2.16. The first-order valence-electron chi connectivity index (χ1n) is 7.20. The van der Waals surface area contributed by atoms with Gasteiger partial charge in [0.15, 0.2) is 8.32 Å². The van der Waals surface area contributed by atoms with E-state index in [9.17, 15) is 4.79 Å². The first-order valence-corrected chi connectivity index (χ1v) is 10.6. The summed E-state index contributed by atoms with van der Waals surface area (Å²) in [5.41, 5.74) is 5.36. The summed E-state index contributed by atoms with van der Waals surface area (Å²) in [5, 5.41) is 3.17. The Bertz CT molecular complexity index is 275. The quantitative estimate of drug-likeness (QED) is 0.348. The van der Waals surface area contributed by atoms with Gasteiger partial charge in [0.2, 0.25) is 5.91 Å². The number of hydrogen-bond acceptors (Lipinski definition) is 3. The zero-order valence-electron chi connectivity index (χ0n) is 12.9. The normalized spacial score (nSPS) is 13.9. The van der Waals surface area contributed by atoms with Gasteiger partial charge in [-0.1, -0.05) is 31.9 Å². The molecule has 0 spiro atoms. The Morgan fingerprint density at radius 3 is 2.58 bits per heavy atom. The lowest BCUT2D eigenvalue weighted by molar-refractivity contribution is -0.118. The number of nitrogens with two attached hydrogens (primary N) is 1. The molecule has 112 valence electrons. The molecule has 0 aromatic heterocycles. The smallest absolute Gasteiger partial charge is 0.238 e. The predicted molar refractivity (Wildman–Crippen MR) is 83.6 cm³/mol. The number of carbonyl (C=O) groups excluding carboxylic acids is 1. The molecule has 4 nitrogen and oxygen atoms in total. The summed E-state index contributed by atoms with van der Waals surface area (Å²) in [6.07, 6.45) is 8.07. The first kappa shape index (κ1) is 18.3. The second-order valence-corrected chi connectivity index (χ2v) is 10.2. The maximum atomic E-state index is 11.3. The Labute approximate surface area is 118 Å². The Hall–Kier alpha value is -0.653. The molecule has 1 amide bonds. The van der Waals surface area contributed by atoms with E-state index < -0.39 is 8.32 Å². The van der Waals surface area contributed by atoms with Crippen LogP contribution in [0.3, 0.4) is 0 Å². The zero-order valence-corrected chi connectivity index (χ0v) is 13.9. The third kappa shape index (κ3) is 12.1. The van der Waals surface area contributed by atoms with Gasteiger partial charge < -0.3 is 15.5 Å². The van der Waals surface area contributed by atoms with Crippen LogP contribution in [0.2, 0.25) is 19.6 Å². The maximum Gasteiger partial charge on any atom is 0.238 e. The molecule has 1 unspecified atom stereocenters. The highest BCUT2D eigenvalue weighted by Gasteiger charge is 2.13. The van der Waals surface area contributed by atoms with Crippen LogP contribution in [0, 0.1) is 0 Å². The van der Waals surface area contributed by atoms with Gasteiger partial charge in [-0.15, -0.1) is 0 Å². The van der Waals surface area contributed by atoms with Crippen molar-refractivity contribution in [1.29, 1.82) is 0 Å². The van der Waals surface area contributed by atoms with E-state index in [1.165, 1.54) is 12.8 Å². The lowest BCUT2D eigenvalue weighted by atomic mass is 10.2. The van der Waals surface area contributed by atoms with Gasteiger partial charge in [0.05, 0.1) is 0 Å². The van der Waals surface area contributed by atoms with Crippen molar-refractivity contribution in [2.45, 2.75) is 58.3 Å². The van der Waals surface area contributed by atoms with Gasteiger partial charge in [-0.05, 0) is 39.0 Å². The molecule has 0 aliphatic carbocycles. The number of hydrogen-bond donors (Lipinski definition) is 2. The van der Waals surface area contributed by atoms with E-state index in [0.717, 1.165) is 19.4 Å². The van der Waals surface area contributed by atoms with Crippen molar-refractivity contribution in [2.75, 3.05) is 13.2 Å². The van der Waals surface area contributed by atoms with Gasteiger partial charge in [0.1, 0.15) is 6.04 Å². The standard InChI is InChI=1S/C14H30N2O2Si/c1-5-6-8-11-16-13(14(15)17)10-7-9-12-18-19(2,3)4/h7,10,13,16H,5-6,8-9,11-12H2,1-4H3,(H2,15,17). The van der Waals surface area contributed by atoms with Crippen molar-refractivity contribution in [1.82, 2.24) is 5.32 Å². The summed E-state index contributed by atoms with van der Waals surface area (Å²) < 4.78 is 5.74. The Kier molecular flexibility index (Phi) is 9.82. The minimum absolute atomic E-state index is 0.320. The Morgan fingerprint density at radius 1 is 1.37 bits per heavy atom. The molecule has 0 heterocycles. The first-order chi connectivity index (χ1) is 8.87. The molecule has 0 bridgehead atoms. The van der Waals surface area contributed by atoms with Crippen LogP contribution in [0.4, 0.5) is 0 Å². The fourth-order valence-corrected chi connectivity index (χ4v) is 2.29. The van der Waals surface area contributed by atoms with E-state index in [4.69, 9.17) is 10.2 Å². The molecule has 5 heteroatoms. The second-order valence-electron chi connectivity index (χ2n) is 5.72. The molecule has 0 aromatic carbocycles. The van der Waals surface area contributed by atoms with Crippen LogP contribution in [0.1, 0.15) is 32.6 Å². The fraction of sp³-hybridized carbons (Fsp3) is 0.786. The van der Waals surface area contributed by atoms with Gasteiger partial charge in [0, 0.05) is 6.61 Å². The molecule has 19 heavy (non-hydrogen) atoms. The number of carbonyl (C=O) groups is 1. The van der Waals surface area contributed by atoms with E-state index in [2.05, 4.69) is 31.9 Å².